The molecule has 2 heterocycles. The summed E-state index contributed by atoms with van der Waals surface area (Å²) in [5.41, 5.74) is 1.70. The lowest BCUT2D eigenvalue weighted by atomic mass is 10.1. The topological polar surface area (TPSA) is 91.3 Å². The summed E-state index contributed by atoms with van der Waals surface area (Å²) >= 11 is 13.9. The molecule has 0 saturated heterocycles. The Morgan fingerprint density at radius 1 is 0.894 bits per heavy atom. The van der Waals surface area contributed by atoms with Crippen LogP contribution in [0.15, 0.2) is 53.6 Å². The molecule has 0 aliphatic carbocycles. The molecular formula is C34H44Cl2N6O4S. The van der Waals surface area contributed by atoms with Crippen molar-refractivity contribution in [1.82, 2.24) is 14.9 Å². The molecule has 0 radical (unpaired) electrons. The molecule has 0 saturated carbocycles. The van der Waals surface area contributed by atoms with Crippen molar-refractivity contribution >= 4 is 70.2 Å². The molecule has 4 rings (SSSR count). The second-order valence-corrected chi connectivity index (χ2v) is 15.5. The Labute approximate surface area is 292 Å². The summed E-state index contributed by atoms with van der Waals surface area (Å²) in [4.78, 5) is 42.1. The predicted octanol–water partition coefficient (Wildman–Crippen LogP) is 7.04. The first-order valence-corrected chi connectivity index (χ1v) is 17.0. The molecule has 47 heavy (non-hydrogen) atoms. The molecule has 1 aliphatic rings. The fraction of sp³-hybridized carbons (Fsp3) is 0.471. The van der Waals surface area contributed by atoms with Crippen molar-refractivity contribution in [3.8, 4) is 0 Å². The highest BCUT2D eigenvalue weighted by atomic mass is 35.5. The Morgan fingerprint density at radius 3 is 2.15 bits per heavy atom. The average molecular weight is 704 g/mol. The van der Waals surface area contributed by atoms with Crippen LogP contribution in [0.3, 0.4) is 0 Å². The number of ether oxygens (including phenoxy) is 2. The van der Waals surface area contributed by atoms with Crippen molar-refractivity contribution < 1.29 is 19.1 Å². The Kier molecular flexibility index (Phi) is 11.9. The molecule has 0 unspecified atom stereocenters. The molecule has 0 atom stereocenters. The molecule has 0 amide bonds. The Bertz CT molecular complexity index is 1560. The average Bonchev–Trinajstić information content (AvgIpc) is 3.36. The zero-order chi connectivity index (χ0) is 34.5. The van der Waals surface area contributed by atoms with Crippen LogP contribution in [-0.2, 0) is 25.5 Å². The maximum Gasteiger partial charge on any atom is 0.327 e. The van der Waals surface area contributed by atoms with Crippen LogP contribution in [0.2, 0.25) is 10.0 Å². The van der Waals surface area contributed by atoms with Crippen molar-refractivity contribution in [1.29, 1.82) is 0 Å². The lowest BCUT2D eigenvalue weighted by Crippen LogP contribution is -2.39. The molecule has 1 aromatic heterocycles. The first-order valence-electron chi connectivity index (χ1n) is 15.4. The number of hydrogen-bond acceptors (Lipinski definition) is 11. The van der Waals surface area contributed by atoms with Crippen molar-refractivity contribution in [2.24, 2.45) is 0 Å². The molecule has 0 bridgehead atoms. The quantitative estimate of drug-likeness (QED) is 0.144. The van der Waals surface area contributed by atoms with Gasteiger partial charge in [-0.05, 0) is 122 Å². The number of fused-ring (bicyclic) bond motifs is 1. The summed E-state index contributed by atoms with van der Waals surface area (Å²) in [6.07, 6.45) is 2.48. The van der Waals surface area contributed by atoms with Gasteiger partial charge in [0.1, 0.15) is 30.1 Å². The van der Waals surface area contributed by atoms with Gasteiger partial charge < -0.3 is 28.5 Å². The minimum atomic E-state index is -0.616. The van der Waals surface area contributed by atoms with Crippen LogP contribution in [0.4, 0.5) is 23.1 Å². The molecule has 13 heteroatoms. The monoisotopic (exact) mass is 702 g/mol. The number of nitrogens with zero attached hydrogens (tertiary/aromatic N) is 6. The molecule has 0 N–H and O–H groups in total. The van der Waals surface area contributed by atoms with Crippen molar-refractivity contribution in [2.45, 2.75) is 64.1 Å². The predicted molar refractivity (Wildman–Crippen MR) is 191 cm³/mol. The van der Waals surface area contributed by atoms with E-state index >= 15 is 0 Å². The minimum Gasteiger partial charge on any atom is -0.459 e. The van der Waals surface area contributed by atoms with Gasteiger partial charge in [0.15, 0.2) is 0 Å². The maximum absolute atomic E-state index is 13.0. The second kappa shape index (κ2) is 15.3. The third-order valence-corrected chi connectivity index (χ3v) is 8.18. The van der Waals surface area contributed by atoms with E-state index in [4.69, 9.17) is 37.7 Å². The third-order valence-electron chi connectivity index (χ3n) is 6.74. The number of halogens is 2. The number of likely N-dealkylation sites (N-methyl/N-ethyl adjacent to an activating group) is 1. The van der Waals surface area contributed by atoms with Crippen LogP contribution in [0, 0.1) is 0 Å². The summed E-state index contributed by atoms with van der Waals surface area (Å²) in [5, 5.41) is 1.02. The third kappa shape index (κ3) is 11.2. The molecule has 10 nitrogen and oxygen atoms in total. The summed E-state index contributed by atoms with van der Waals surface area (Å²) in [6, 6.07) is 13.2. The number of aromatic nitrogens is 2. The number of carbonyl (C=O) groups is 2. The zero-order valence-corrected chi connectivity index (χ0v) is 30.7. The van der Waals surface area contributed by atoms with E-state index in [1.165, 1.54) is 11.9 Å². The van der Waals surface area contributed by atoms with Crippen molar-refractivity contribution in [3.05, 3.63) is 64.3 Å². The lowest BCUT2D eigenvalue weighted by Gasteiger charge is -2.28. The van der Waals surface area contributed by atoms with E-state index < -0.39 is 11.2 Å². The fourth-order valence-electron chi connectivity index (χ4n) is 4.90. The van der Waals surface area contributed by atoms with Gasteiger partial charge in [0.25, 0.3) is 0 Å². The highest BCUT2D eigenvalue weighted by Crippen LogP contribution is 2.39. The molecule has 1 aliphatic heterocycles. The van der Waals surface area contributed by atoms with Crippen LogP contribution in [0.5, 0.6) is 0 Å². The SMILES string of the molecule is CN(C)CCN(CC(=O)OC(C)(C)C)c1ccnc(N2CCc3cc(N(CC(=O)OC(C)(C)C)Sc4cc(Cl)cc(Cl)c4)ccc32)n1. The van der Waals surface area contributed by atoms with E-state index in [1.54, 1.807) is 12.3 Å². The van der Waals surface area contributed by atoms with E-state index in [2.05, 4.69) is 20.9 Å². The summed E-state index contributed by atoms with van der Waals surface area (Å²) in [5.74, 6) is 0.523. The highest BCUT2D eigenvalue weighted by Gasteiger charge is 2.27. The van der Waals surface area contributed by atoms with Gasteiger partial charge in [-0.2, -0.15) is 4.98 Å². The smallest absolute Gasteiger partial charge is 0.327 e. The van der Waals surface area contributed by atoms with Crippen molar-refractivity contribution in [3.63, 3.8) is 0 Å². The molecular weight excluding hydrogens is 659 g/mol. The van der Waals surface area contributed by atoms with Gasteiger partial charge in [0.2, 0.25) is 5.95 Å². The van der Waals surface area contributed by atoms with Gasteiger partial charge in [0, 0.05) is 52.1 Å². The van der Waals surface area contributed by atoms with Gasteiger partial charge >= 0.3 is 11.9 Å². The van der Waals surface area contributed by atoms with Crippen LogP contribution < -0.4 is 14.1 Å². The van der Waals surface area contributed by atoms with Gasteiger partial charge in [-0.25, -0.2) is 4.98 Å². The fourth-order valence-corrected chi connectivity index (χ4v) is 6.56. The van der Waals surface area contributed by atoms with E-state index in [1.807, 2.05) is 95.2 Å². The minimum absolute atomic E-state index is 0.0140. The zero-order valence-electron chi connectivity index (χ0n) is 28.3. The van der Waals surface area contributed by atoms with Gasteiger partial charge in [-0.3, -0.25) is 9.59 Å². The largest absolute Gasteiger partial charge is 0.459 e. The first kappa shape index (κ1) is 36.6. The molecule has 0 fully saturated rings. The Hall–Kier alpha value is -3.25. The normalized spacial score (nSPS) is 13.0. The number of rotatable bonds is 12. The van der Waals surface area contributed by atoms with Crippen LogP contribution >= 0.6 is 35.1 Å². The van der Waals surface area contributed by atoms with Crippen LogP contribution in [0.1, 0.15) is 47.1 Å². The summed E-state index contributed by atoms with van der Waals surface area (Å²) in [7, 11) is 3.98. The molecule has 0 spiro atoms. The second-order valence-electron chi connectivity index (χ2n) is 13.6. The molecule has 254 valence electrons. The van der Waals surface area contributed by atoms with Gasteiger partial charge in [-0.1, -0.05) is 23.2 Å². The number of esters is 2. The van der Waals surface area contributed by atoms with Crippen LogP contribution in [-0.4, -0.2) is 84.8 Å². The van der Waals surface area contributed by atoms with Gasteiger partial charge in [-0.15, -0.1) is 0 Å². The van der Waals surface area contributed by atoms with Crippen molar-refractivity contribution in [2.75, 3.05) is 60.9 Å². The molecule has 2 aromatic carbocycles. The number of hydrogen-bond donors (Lipinski definition) is 0. The van der Waals surface area contributed by atoms with Gasteiger partial charge in [0.05, 0.1) is 0 Å². The number of anilines is 4. The lowest BCUT2D eigenvalue weighted by molar-refractivity contribution is -0.154. The Morgan fingerprint density at radius 2 is 1.53 bits per heavy atom. The summed E-state index contributed by atoms with van der Waals surface area (Å²) in [6.45, 7) is 13.2. The maximum atomic E-state index is 13.0. The van der Waals surface area contributed by atoms with E-state index in [0.29, 0.717) is 34.9 Å². The van der Waals surface area contributed by atoms with E-state index in [-0.39, 0.29) is 25.0 Å². The van der Waals surface area contributed by atoms with Crippen LogP contribution in [0.25, 0.3) is 0 Å². The van der Waals surface area contributed by atoms with E-state index in [9.17, 15) is 9.59 Å². The Balaban J connectivity index is 1.60. The standard InChI is InChI=1S/C34H44Cl2N6O4S/c1-33(2,3)45-30(43)21-40(16-15-39(7)8)29-11-13-37-32(38-29)41-14-12-23-17-26(9-10-28(23)41)42(22-31(44)46-34(4,5)6)47-27-19-24(35)18-25(36)20-27/h9-11,13,17-20H,12,14-16,21-22H2,1-8H3. The van der Waals surface area contributed by atoms with E-state index in [0.717, 1.165) is 34.8 Å². The molecule has 3 aromatic rings. The highest BCUT2D eigenvalue weighted by molar-refractivity contribution is 8.00. The number of carbonyl (C=O) groups excluding carboxylic acids is 2. The summed E-state index contributed by atoms with van der Waals surface area (Å²) < 4.78 is 13.1. The number of benzene rings is 2. The first-order chi connectivity index (χ1) is 22.0.